The first-order valence-corrected chi connectivity index (χ1v) is 21.1. The van der Waals surface area contributed by atoms with Crippen molar-refractivity contribution in [2.45, 2.75) is 212 Å². The van der Waals surface area contributed by atoms with E-state index in [-0.39, 0.29) is 39.8 Å². The number of carbonyl (C=O) groups excluding carboxylic acids is 1. The average Bonchev–Trinajstić information content (AvgIpc) is 2.95. The molecule has 2 unspecified atom stereocenters. The van der Waals surface area contributed by atoms with E-state index in [4.69, 9.17) is 4.74 Å². The molecule has 0 saturated heterocycles. The van der Waals surface area contributed by atoms with Gasteiger partial charge < -0.3 is 26.0 Å². The fraction of sp³-hybridized carbons (Fsp3) is 0.851. The van der Waals surface area contributed by atoms with E-state index in [2.05, 4.69) is 152 Å². The zero-order valence-corrected chi connectivity index (χ0v) is 38.4. The van der Waals surface area contributed by atoms with Crippen LogP contribution in [0.2, 0.25) is 0 Å². The van der Waals surface area contributed by atoms with Crippen LogP contribution in [-0.2, 0) is 9.53 Å². The Labute approximate surface area is 331 Å². The SMILES string of the molecule is C=C(CC(C)(C)CCC(C)(C)C)NCCCCC(NC(=C)CC(C)(C)CCC(C)(C)C)C(=O)NC(C)CCCCNC(=C)CC(C)(C)OCC(C)(C)C. The van der Waals surface area contributed by atoms with E-state index in [0.717, 1.165) is 107 Å². The summed E-state index contributed by atoms with van der Waals surface area (Å²) >= 11 is 0. The Morgan fingerprint density at radius 3 is 1.43 bits per heavy atom. The maximum Gasteiger partial charge on any atom is 0.242 e. The van der Waals surface area contributed by atoms with E-state index in [1.807, 2.05) is 0 Å². The molecule has 0 rings (SSSR count). The molecule has 0 radical (unpaired) electrons. The summed E-state index contributed by atoms with van der Waals surface area (Å²) in [7, 11) is 0. The normalized spacial score (nSPS) is 14.3. The number of amides is 1. The number of carbonyl (C=O) groups is 1. The molecule has 0 spiro atoms. The molecule has 6 heteroatoms. The van der Waals surface area contributed by atoms with Gasteiger partial charge in [-0.05, 0) is 125 Å². The zero-order chi connectivity index (χ0) is 41.3. The van der Waals surface area contributed by atoms with Gasteiger partial charge in [0.05, 0.1) is 12.2 Å². The maximum absolute atomic E-state index is 13.7. The predicted octanol–water partition coefficient (Wildman–Crippen LogP) is 12.2. The van der Waals surface area contributed by atoms with Crippen LogP contribution in [0.15, 0.2) is 36.8 Å². The summed E-state index contributed by atoms with van der Waals surface area (Å²) < 4.78 is 6.17. The Kier molecular flexibility index (Phi) is 21.7. The van der Waals surface area contributed by atoms with Crippen molar-refractivity contribution in [1.29, 1.82) is 0 Å². The second-order valence-electron chi connectivity index (χ2n) is 22.4. The Morgan fingerprint density at radius 2 is 0.981 bits per heavy atom. The highest BCUT2D eigenvalue weighted by atomic mass is 16.5. The van der Waals surface area contributed by atoms with Crippen LogP contribution >= 0.6 is 0 Å². The largest absolute Gasteiger partial charge is 0.389 e. The minimum atomic E-state index is -0.295. The molecule has 0 aliphatic carbocycles. The molecule has 4 N–H and O–H groups in total. The fourth-order valence-corrected chi connectivity index (χ4v) is 6.42. The van der Waals surface area contributed by atoms with E-state index in [0.29, 0.717) is 10.8 Å². The smallest absolute Gasteiger partial charge is 0.242 e. The van der Waals surface area contributed by atoms with Gasteiger partial charge in [0.1, 0.15) is 6.04 Å². The number of hydrogen-bond acceptors (Lipinski definition) is 5. The molecule has 2 atom stereocenters. The lowest BCUT2D eigenvalue weighted by Crippen LogP contribution is -2.47. The minimum Gasteiger partial charge on any atom is -0.389 e. The Balaban J connectivity index is 5.05. The van der Waals surface area contributed by atoms with Gasteiger partial charge >= 0.3 is 0 Å². The van der Waals surface area contributed by atoms with Crippen molar-refractivity contribution in [1.82, 2.24) is 21.3 Å². The molecule has 0 aromatic carbocycles. The van der Waals surface area contributed by atoms with Gasteiger partial charge in [-0.15, -0.1) is 0 Å². The Hall–Kier alpha value is -1.95. The maximum atomic E-state index is 13.7. The van der Waals surface area contributed by atoms with Crippen LogP contribution in [0.5, 0.6) is 0 Å². The second-order valence-corrected chi connectivity index (χ2v) is 22.4. The molecule has 0 aromatic heterocycles. The van der Waals surface area contributed by atoms with Crippen LogP contribution in [0, 0.1) is 27.1 Å². The van der Waals surface area contributed by atoms with E-state index in [1.54, 1.807) is 0 Å². The molecule has 0 aromatic rings. The zero-order valence-electron chi connectivity index (χ0n) is 38.4. The molecule has 6 nitrogen and oxygen atoms in total. The van der Waals surface area contributed by atoms with Crippen molar-refractivity contribution >= 4 is 5.91 Å². The van der Waals surface area contributed by atoms with Gasteiger partial charge in [0.2, 0.25) is 5.91 Å². The highest BCUT2D eigenvalue weighted by Crippen LogP contribution is 2.35. The number of allylic oxidation sites excluding steroid dienone is 2. The summed E-state index contributed by atoms with van der Waals surface area (Å²) in [6.07, 6.45) is 13.0. The quantitative estimate of drug-likeness (QED) is 0.0600. The van der Waals surface area contributed by atoms with Crippen LogP contribution in [-0.4, -0.2) is 43.3 Å². The van der Waals surface area contributed by atoms with Crippen LogP contribution in [0.25, 0.3) is 0 Å². The van der Waals surface area contributed by atoms with Crippen molar-refractivity contribution < 1.29 is 9.53 Å². The summed E-state index contributed by atoms with van der Waals surface area (Å²) in [6.45, 7) is 51.6. The third-order valence-electron chi connectivity index (χ3n) is 9.84. The number of ether oxygens (including phenoxy) is 1. The fourth-order valence-electron chi connectivity index (χ4n) is 6.42. The van der Waals surface area contributed by atoms with Crippen LogP contribution in [0.1, 0.15) is 194 Å². The second kappa shape index (κ2) is 22.6. The molecule has 0 aliphatic heterocycles. The summed E-state index contributed by atoms with van der Waals surface area (Å²) in [6, 6.07) is -0.195. The molecule has 0 heterocycles. The molecule has 53 heavy (non-hydrogen) atoms. The molecular formula is C47H92N4O2. The minimum absolute atomic E-state index is 0.0769. The van der Waals surface area contributed by atoms with E-state index in [1.165, 1.54) is 12.8 Å². The van der Waals surface area contributed by atoms with Crippen LogP contribution in [0.4, 0.5) is 0 Å². The standard InChI is InChI=1S/C47H92N4O2/c1-36(24-20-22-30-49-38(3)34-47(18,19)53-35-44(11,12)13)51-41(52)40(50-39(4)33-46(16,17)29-27-43(8,9)10)25-21-23-31-48-37(2)32-45(14,15)28-26-42(5,6)7/h36,40,48-50H,2-4,20-35H2,1,5-19H3,(H,51,52). The monoisotopic (exact) mass is 745 g/mol. The first-order chi connectivity index (χ1) is 23.9. The van der Waals surface area contributed by atoms with Crippen molar-refractivity contribution in [3.05, 3.63) is 36.8 Å². The summed E-state index contributed by atoms with van der Waals surface area (Å²) in [5.41, 5.74) is 3.97. The average molecular weight is 745 g/mol. The van der Waals surface area contributed by atoms with E-state index in [9.17, 15) is 4.79 Å². The highest BCUT2D eigenvalue weighted by Gasteiger charge is 2.27. The Bertz CT molecular complexity index is 1100. The highest BCUT2D eigenvalue weighted by molar-refractivity contribution is 5.82. The van der Waals surface area contributed by atoms with Crippen molar-refractivity contribution in [2.24, 2.45) is 27.1 Å². The summed E-state index contributed by atoms with van der Waals surface area (Å²) in [5.74, 6) is 0.0769. The van der Waals surface area contributed by atoms with Gasteiger partial charge in [-0.25, -0.2) is 0 Å². The topological polar surface area (TPSA) is 74.4 Å². The van der Waals surface area contributed by atoms with E-state index >= 15 is 0 Å². The number of unbranched alkanes of at least 4 members (excludes halogenated alkanes) is 2. The van der Waals surface area contributed by atoms with Gasteiger partial charge in [-0.3, -0.25) is 4.79 Å². The van der Waals surface area contributed by atoms with Crippen LogP contribution < -0.4 is 21.3 Å². The molecule has 1 amide bonds. The van der Waals surface area contributed by atoms with Crippen LogP contribution in [0.3, 0.4) is 0 Å². The van der Waals surface area contributed by atoms with Gasteiger partial charge in [-0.1, -0.05) is 110 Å². The lowest BCUT2D eigenvalue weighted by atomic mass is 9.77. The van der Waals surface area contributed by atoms with E-state index < -0.39 is 0 Å². The third-order valence-corrected chi connectivity index (χ3v) is 9.84. The first kappa shape index (κ1) is 51.0. The van der Waals surface area contributed by atoms with Gasteiger partial charge in [0.15, 0.2) is 0 Å². The molecule has 312 valence electrons. The molecular weight excluding hydrogens is 653 g/mol. The third kappa shape index (κ3) is 30.0. The van der Waals surface area contributed by atoms with Gasteiger partial charge in [0.25, 0.3) is 0 Å². The molecule has 0 saturated carbocycles. The van der Waals surface area contributed by atoms with Gasteiger partial charge in [0, 0.05) is 42.6 Å². The molecule has 0 bridgehead atoms. The summed E-state index contributed by atoms with van der Waals surface area (Å²) in [4.78, 5) is 13.7. The predicted molar refractivity (Wildman–Crippen MR) is 234 cm³/mol. The van der Waals surface area contributed by atoms with Gasteiger partial charge in [-0.2, -0.15) is 0 Å². The van der Waals surface area contributed by atoms with Crippen molar-refractivity contribution in [2.75, 3.05) is 19.7 Å². The number of rotatable bonds is 28. The van der Waals surface area contributed by atoms with Crippen molar-refractivity contribution in [3.8, 4) is 0 Å². The number of hydrogen-bond donors (Lipinski definition) is 4. The van der Waals surface area contributed by atoms with Crippen molar-refractivity contribution in [3.63, 3.8) is 0 Å². The summed E-state index contributed by atoms with van der Waals surface area (Å²) in [5, 5.41) is 14.0. The Morgan fingerprint density at radius 1 is 0.547 bits per heavy atom. The molecule has 0 fully saturated rings. The first-order valence-electron chi connectivity index (χ1n) is 21.1. The molecule has 0 aliphatic rings. The lowest BCUT2D eigenvalue weighted by Gasteiger charge is -2.31. The lowest BCUT2D eigenvalue weighted by molar-refractivity contribution is -0.123. The number of nitrogens with one attached hydrogen (secondary N) is 4.